The second-order valence-electron chi connectivity index (χ2n) is 8.42. The molecule has 1 aliphatic carbocycles. The third-order valence-electron chi connectivity index (χ3n) is 6.57. The fourth-order valence-corrected chi connectivity index (χ4v) is 4.77. The molecule has 0 bridgehead atoms. The Bertz CT molecular complexity index is 986. The molecule has 2 fully saturated rings. The van der Waals surface area contributed by atoms with Crippen molar-refractivity contribution in [2.24, 2.45) is 23.7 Å². The molecule has 30 heavy (non-hydrogen) atoms. The van der Waals surface area contributed by atoms with Crippen molar-refractivity contribution in [3.63, 3.8) is 0 Å². The largest absolute Gasteiger partial charge is 0.462 e. The van der Waals surface area contributed by atoms with E-state index in [9.17, 15) is 18.0 Å². The lowest BCUT2D eigenvalue weighted by Gasteiger charge is -2.41. The summed E-state index contributed by atoms with van der Waals surface area (Å²) in [7, 11) is 0. The van der Waals surface area contributed by atoms with Crippen LogP contribution in [-0.4, -0.2) is 23.0 Å². The average molecular weight is 415 g/mol. The summed E-state index contributed by atoms with van der Waals surface area (Å²) in [6.07, 6.45) is 4.15. The van der Waals surface area contributed by atoms with E-state index in [0.717, 1.165) is 0 Å². The maximum absolute atomic E-state index is 14.5. The average Bonchev–Trinajstić information content (AvgIpc) is 2.97. The number of alkyl halides is 2. The van der Waals surface area contributed by atoms with Crippen LogP contribution < -0.4 is 0 Å². The van der Waals surface area contributed by atoms with E-state index >= 15 is 0 Å². The Morgan fingerprint density at radius 1 is 1.20 bits per heavy atom. The van der Waals surface area contributed by atoms with Gasteiger partial charge in [-0.2, -0.15) is 0 Å². The normalized spacial score (nSPS) is 30.3. The van der Waals surface area contributed by atoms with Gasteiger partial charge in [0, 0.05) is 35.6 Å². The van der Waals surface area contributed by atoms with Gasteiger partial charge in [0.15, 0.2) is 0 Å². The van der Waals surface area contributed by atoms with Crippen molar-refractivity contribution in [2.75, 3.05) is 0 Å². The molecular weight excluding hydrogens is 391 g/mol. The molecule has 0 spiro atoms. The van der Waals surface area contributed by atoms with Gasteiger partial charge >= 0.3 is 5.97 Å². The molecule has 1 aliphatic heterocycles. The second kappa shape index (κ2) is 7.56. The molecule has 2 aliphatic rings. The predicted octanol–water partition coefficient (Wildman–Crippen LogP) is 5.68. The van der Waals surface area contributed by atoms with E-state index < -0.39 is 42.2 Å². The summed E-state index contributed by atoms with van der Waals surface area (Å²) in [5.41, 5.74) is 2.26. The van der Waals surface area contributed by atoms with E-state index in [2.05, 4.69) is 4.98 Å². The van der Waals surface area contributed by atoms with Crippen molar-refractivity contribution in [3.05, 3.63) is 59.7 Å². The van der Waals surface area contributed by atoms with Crippen molar-refractivity contribution in [2.45, 2.75) is 39.2 Å². The molecule has 5 atom stereocenters. The number of fused-ring (bicyclic) bond motifs is 1. The van der Waals surface area contributed by atoms with Gasteiger partial charge in [0.2, 0.25) is 0 Å². The van der Waals surface area contributed by atoms with Crippen LogP contribution in [0, 0.1) is 36.4 Å². The third-order valence-corrected chi connectivity index (χ3v) is 6.57. The van der Waals surface area contributed by atoms with E-state index in [-0.39, 0.29) is 11.7 Å². The van der Waals surface area contributed by atoms with Crippen LogP contribution in [0.15, 0.2) is 42.6 Å². The molecule has 0 amide bonds. The first-order valence-corrected chi connectivity index (χ1v) is 10.2. The van der Waals surface area contributed by atoms with Crippen molar-refractivity contribution in [1.82, 2.24) is 4.98 Å². The van der Waals surface area contributed by atoms with Crippen molar-refractivity contribution in [1.29, 1.82) is 0 Å². The van der Waals surface area contributed by atoms with Crippen molar-refractivity contribution < 1.29 is 22.7 Å². The number of allylic oxidation sites excluding steroid dienone is 1. The van der Waals surface area contributed by atoms with E-state index in [0.29, 0.717) is 22.4 Å². The summed E-state index contributed by atoms with van der Waals surface area (Å²) in [5, 5.41) is 0. The minimum absolute atomic E-state index is 0.274. The minimum atomic E-state index is -2.93. The summed E-state index contributed by atoms with van der Waals surface area (Å²) in [6, 6.07) is 8.68. The molecule has 0 N–H and O–H groups in total. The highest BCUT2D eigenvalue weighted by Crippen LogP contribution is 2.52. The number of aromatic nitrogens is 1. The van der Waals surface area contributed by atoms with Crippen LogP contribution in [0.2, 0.25) is 0 Å². The predicted molar refractivity (Wildman–Crippen MR) is 108 cm³/mol. The van der Waals surface area contributed by atoms with Crippen LogP contribution in [0.1, 0.15) is 31.5 Å². The van der Waals surface area contributed by atoms with E-state index in [4.69, 9.17) is 4.74 Å². The number of hydrogen-bond donors (Lipinski definition) is 0. The molecule has 158 valence electrons. The molecule has 2 aromatic rings. The van der Waals surface area contributed by atoms with E-state index in [1.54, 1.807) is 62.5 Å². The van der Waals surface area contributed by atoms with Gasteiger partial charge in [-0.05, 0) is 37.5 Å². The molecule has 1 saturated carbocycles. The summed E-state index contributed by atoms with van der Waals surface area (Å²) in [6.45, 7) is 5.00. The Labute approximate surface area is 174 Å². The topological polar surface area (TPSA) is 39.2 Å². The summed E-state index contributed by atoms with van der Waals surface area (Å²) in [4.78, 5) is 16.4. The van der Waals surface area contributed by atoms with Crippen LogP contribution in [-0.2, 0) is 9.53 Å². The van der Waals surface area contributed by atoms with Gasteiger partial charge in [-0.15, -0.1) is 0 Å². The smallest absolute Gasteiger partial charge is 0.309 e. The highest BCUT2D eigenvalue weighted by Gasteiger charge is 2.59. The third kappa shape index (κ3) is 3.53. The second-order valence-corrected chi connectivity index (χ2v) is 8.42. The lowest BCUT2D eigenvalue weighted by molar-refractivity contribution is -0.152. The first-order chi connectivity index (χ1) is 14.2. The number of nitrogens with zero attached hydrogens (tertiary/aromatic N) is 1. The number of hydrogen-bond acceptors (Lipinski definition) is 3. The van der Waals surface area contributed by atoms with Crippen LogP contribution in [0.3, 0.4) is 0 Å². The summed E-state index contributed by atoms with van der Waals surface area (Å²) >= 11 is 0. The lowest BCUT2D eigenvalue weighted by Crippen LogP contribution is -2.46. The summed E-state index contributed by atoms with van der Waals surface area (Å²) in [5.74, 6) is -6.21. The maximum atomic E-state index is 14.5. The standard InChI is InChI=1S/C24H24F3NO2/c1-13-5-4-6-19(22(13)25)16-7-8-17(28-12-16)9-10-18-14(2)24(26,27)11-20-21(18)15(3)30-23(20)29/h4-10,12,14-15,18,20-21H,11H2,1-3H3. The number of cyclic esters (lactones) is 1. The first kappa shape index (κ1) is 20.6. The van der Waals surface area contributed by atoms with Gasteiger partial charge in [-0.3, -0.25) is 9.78 Å². The number of aryl methyl sites for hydroxylation is 1. The van der Waals surface area contributed by atoms with Crippen LogP contribution in [0.25, 0.3) is 17.2 Å². The van der Waals surface area contributed by atoms with E-state index in [1.165, 1.54) is 6.92 Å². The van der Waals surface area contributed by atoms with Gasteiger partial charge in [-0.25, -0.2) is 13.2 Å². The minimum Gasteiger partial charge on any atom is -0.462 e. The van der Waals surface area contributed by atoms with Crippen molar-refractivity contribution in [3.8, 4) is 11.1 Å². The molecule has 3 nitrogen and oxygen atoms in total. The number of esters is 1. The number of ether oxygens (including phenoxy) is 1. The van der Waals surface area contributed by atoms with Gasteiger partial charge in [0.1, 0.15) is 11.9 Å². The van der Waals surface area contributed by atoms with Crippen molar-refractivity contribution >= 4 is 12.0 Å². The Morgan fingerprint density at radius 3 is 2.67 bits per heavy atom. The molecular formula is C24H24F3NO2. The lowest BCUT2D eigenvalue weighted by atomic mass is 9.64. The Balaban J connectivity index is 1.59. The van der Waals surface area contributed by atoms with Crippen LogP contribution >= 0.6 is 0 Å². The fourth-order valence-electron chi connectivity index (χ4n) is 4.77. The molecule has 2 heterocycles. The SMILES string of the molecule is Cc1cccc(-c2ccc(C=CC3C4C(C)OC(=O)C4CC(F)(F)C3C)nc2)c1F. The Kier molecular flexibility index (Phi) is 5.20. The van der Waals surface area contributed by atoms with Gasteiger partial charge < -0.3 is 4.74 Å². The molecule has 1 saturated heterocycles. The molecule has 5 unspecified atom stereocenters. The number of halogens is 3. The summed E-state index contributed by atoms with van der Waals surface area (Å²) < 4.78 is 48.7. The zero-order valence-electron chi connectivity index (χ0n) is 17.1. The van der Waals surface area contributed by atoms with Crippen LogP contribution in [0.4, 0.5) is 13.2 Å². The molecule has 6 heteroatoms. The zero-order chi connectivity index (χ0) is 21.6. The number of carbonyl (C=O) groups excluding carboxylic acids is 1. The monoisotopic (exact) mass is 415 g/mol. The molecule has 1 aromatic heterocycles. The van der Waals surface area contributed by atoms with E-state index in [1.807, 2.05) is 0 Å². The molecule has 0 radical (unpaired) electrons. The number of carbonyl (C=O) groups is 1. The fraction of sp³-hybridized carbons (Fsp3) is 0.417. The Hall–Kier alpha value is -2.63. The van der Waals surface area contributed by atoms with Gasteiger partial charge in [-0.1, -0.05) is 37.3 Å². The zero-order valence-corrected chi connectivity index (χ0v) is 17.1. The highest BCUT2D eigenvalue weighted by atomic mass is 19.3. The van der Waals surface area contributed by atoms with Gasteiger partial charge in [0.25, 0.3) is 5.92 Å². The van der Waals surface area contributed by atoms with Crippen LogP contribution in [0.5, 0.6) is 0 Å². The quantitative estimate of drug-likeness (QED) is 0.606. The highest BCUT2D eigenvalue weighted by molar-refractivity contribution is 5.76. The number of benzene rings is 1. The molecule has 4 rings (SSSR count). The van der Waals surface area contributed by atoms with Gasteiger partial charge in [0.05, 0.1) is 11.6 Å². The first-order valence-electron chi connectivity index (χ1n) is 10.2. The molecule has 1 aromatic carbocycles. The number of rotatable bonds is 3. The maximum Gasteiger partial charge on any atom is 0.309 e. The number of pyridine rings is 1. The Morgan fingerprint density at radius 2 is 1.97 bits per heavy atom.